The lowest BCUT2D eigenvalue weighted by Gasteiger charge is -2.40. The summed E-state index contributed by atoms with van der Waals surface area (Å²) in [5.41, 5.74) is -0.379. The van der Waals surface area contributed by atoms with Crippen molar-refractivity contribution < 1.29 is 22.1 Å². The zero-order chi connectivity index (χ0) is 13.9. The average Bonchev–Trinajstić information content (AvgIpc) is 2.28. The number of benzene rings is 1. The highest BCUT2D eigenvalue weighted by Gasteiger charge is 2.41. The molecule has 106 valence electrons. The summed E-state index contributed by atoms with van der Waals surface area (Å²) in [6.07, 6.45) is 1.04. The van der Waals surface area contributed by atoms with Gasteiger partial charge < -0.3 is 9.47 Å². The fourth-order valence-corrected chi connectivity index (χ4v) is 2.33. The van der Waals surface area contributed by atoms with Crippen molar-refractivity contribution in [3.8, 4) is 5.75 Å². The second-order valence-corrected chi connectivity index (χ2v) is 7.26. The second kappa shape index (κ2) is 5.78. The maximum absolute atomic E-state index is 11.0. The fourth-order valence-electron chi connectivity index (χ4n) is 1.60. The molecular formula is C12H15BrO5S. The average molecular weight is 351 g/mol. The summed E-state index contributed by atoms with van der Waals surface area (Å²) >= 11 is 3.35. The number of rotatable bonds is 6. The van der Waals surface area contributed by atoms with E-state index in [1.54, 1.807) is 0 Å². The minimum atomic E-state index is -3.44. The molecule has 1 heterocycles. The standard InChI is InChI=1S/C12H15BrO5S/c1-19(14,15)18-9-12(6-16-7-12)8-17-11-4-2-10(13)3-5-11/h2-5H,6-9H2,1H3. The van der Waals surface area contributed by atoms with Gasteiger partial charge in [0.2, 0.25) is 0 Å². The van der Waals surface area contributed by atoms with Crippen LogP contribution in [-0.4, -0.2) is 41.1 Å². The molecular weight excluding hydrogens is 336 g/mol. The highest BCUT2D eigenvalue weighted by atomic mass is 79.9. The van der Waals surface area contributed by atoms with E-state index < -0.39 is 10.1 Å². The van der Waals surface area contributed by atoms with Crippen LogP contribution in [0.1, 0.15) is 0 Å². The van der Waals surface area contributed by atoms with Crippen molar-refractivity contribution in [1.29, 1.82) is 0 Å². The van der Waals surface area contributed by atoms with E-state index in [9.17, 15) is 8.42 Å². The van der Waals surface area contributed by atoms with E-state index in [4.69, 9.17) is 13.7 Å². The maximum Gasteiger partial charge on any atom is 0.264 e. The minimum absolute atomic E-state index is 0.0857. The van der Waals surface area contributed by atoms with Gasteiger partial charge in [0.1, 0.15) is 12.4 Å². The maximum atomic E-state index is 11.0. The van der Waals surface area contributed by atoms with Crippen molar-refractivity contribution in [2.24, 2.45) is 5.41 Å². The molecule has 1 saturated heterocycles. The van der Waals surface area contributed by atoms with Crippen LogP contribution in [0, 0.1) is 5.41 Å². The van der Waals surface area contributed by atoms with Crippen LogP contribution in [0.5, 0.6) is 5.75 Å². The van der Waals surface area contributed by atoms with Crippen LogP contribution >= 0.6 is 15.9 Å². The predicted octanol–water partition coefficient (Wildman–Crippen LogP) is 1.82. The van der Waals surface area contributed by atoms with E-state index in [1.807, 2.05) is 24.3 Å². The first-order valence-electron chi connectivity index (χ1n) is 5.69. The topological polar surface area (TPSA) is 61.8 Å². The van der Waals surface area contributed by atoms with E-state index in [1.165, 1.54) is 0 Å². The SMILES string of the molecule is CS(=O)(=O)OCC1(COc2ccc(Br)cc2)COC1. The van der Waals surface area contributed by atoms with Crippen molar-refractivity contribution in [2.75, 3.05) is 32.7 Å². The molecule has 0 saturated carbocycles. The molecule has 0 N–H and O–H groups in total. The molecule has 19 heavy (non-hydrogen) atoms. The lowest BCUT2D eigenvalue weighted by molar-refractivity contribution is -0.148. The molecule has 0 bridgehead atoms. The van der Waals surface area contributed by atoms with Crippen molar-refractivity contribution >= 4 is 26.0 Å². The molecule has 0 spiro atoms. The van der Waals surface area contributed by atoms with Crippen molar-refractivity contribution in [2.45, 2.75) is 0 Å². The Morgan fingerprint density at radius 1 is 1.26 bits per heavy atom. The fraction of sp³-hybridized carbons (Fsp3) is 0.500. The van der Waals surface area contributed by atoms with Gasteiger partial charge in [-0.2, -0.15) is 8.42 Å². The van der Waals surface area contributed by atoms with Crippen LogP contribution in [0.15, 0.2) is 28.7 Å². The molecule has 0 radical (unpaired) electrons. The van der Waals surface area contributed by atoms with Gasteiger partial charge in [-0.05, 0) is 24.3 Å². The molecule has 0 amide bonds. The molecule has 0 atom stereocenters. The molecule has 0 aromatic heterocycles. The van der Waals surface area contributed by atoms with Crippen LogP contribution in [-0.2, 0) is 19.0 Å². The molecule has 1 aromatic rings. The van der Waals surface area contributed by atoms with Gasteiger partial charge in [-0.1, -0.05) is 15.9 Å². The van der Waals surface area contributed by atoms with Crippen molar-refractivity contribution in [3.63, 3.8) is 0 Å². The summed E-state index contributed by atoms with van der Waals surface area (Å²) in [7, 11) is -3.44. The number of hydrogen-bond acceptors (Lipinski definition) is 5. The zero-order valence-corrected chi connectivity index (χ0v) is 12.9. The summed E-state index contributed by atoms with van der Waals surface area (Å²) in [6, 6.07) is 7.45. The Balaban J connectivity index is 1.90. The normalized spacial score (nSPS) is 17.8. The van der Waals surface area contributed by atoms with Gasteiger partial charge in [-0.15, -0.1) is 0 Å². The first kappa shape index (κ1) is 14.8. The van der Waals surface area contributed by atoms with Crippen LogP contribution in [0.2, 0.25) is 0 Å². The largest absolute Gasteiger partial charge is 0.493 e. The van der Waals surface area contributed by atoms with E-state index >= 15 is 0 Å². The number of hydrogen-bond donors (Lipinski definition) is 0. The van der Waals surface area contributed by atoms with Crippen LogP contribution in [0.25, 0.3) is 0 Å². The van der Waals surface area contributed by atoms with E-state index in [0.29, 0.717) is 19.8 Å². The van der Waals surface area contributed by atoms with Gasteiger partial charge in [0.05, 0.1) is 31.5 Å². The third-order valence-electron chi connectivity index (χ3n) is 2.75. The van der Waals surface area contributed by atoms with Gasteiger partial charge >= 0.3 is 0 Å². The molecule has 0 unspecified atom stereocenters. The second-order valence-electron chi connectivity index (χ2n) is 4.70. The Kier molecular flexibility index (Phi) is 4.50. The lowest BCUT2D eigenvalue weighted by atomic mass is 9.88. The minimum Gasteiger partial charge on any atom is -0.493 e. The Hall–Kier alpha value is -0.630. The third kappa shape index (κ3) is 4.45. The highest BCUT2D eigenvalue weighted by molar-refractivity contribution is 9.10. The summed E-state index contributed by atoms with van der Waals surface area (Å²) in [6.45, 7) is 1.34. The lowest BCUT2D eigenvalue weighted by Crippen LogP contribution is -2.50. The Labute approximate surface area is 121 Å². The van der Waals surface area contributed by atoms with Crippen molar-refractivity contribution in [1.82, 2.24) is 0 Å². The summed E-state index contributed by atoms with van der Waals surface area (Å²) < 4.78 is 38.7. The molecule has 0 aliphatic carbocycles. The van der Waals surface area contributed by atoms with Gasteiger partial charge in [0.25, 0.3) is 10.1 Å². The summed E-state index contributed by atoms with van der Waals surface area (Å²) in [5, 5.41) is 0. The third-order valence-corrected chi connectivity index (χ3v) is 3.83. The summed E-state index contributed by atoms with van der Waals surface area (Å²) in [5.74, 6) is 0.730. The smallest absolute Gasteiger partial charge is 0.264 e. The van der Waals surface area contributed by atoms with Gasteiger partial charge in [0.15, 0.2) is 0 Å². The van der Waals surface area contributed by atoms with Crippen LogP contribution in [0.4, 0.5) is 0 Å². The molecule has 1 fully saturated rings. The highest BCUT2D eigenvalue weighted by Crippen LogP contribution is 2.29. The molecule has 1 aliphatic rings. The molecule has 2 rings (SSSR count). The van der Waals surface area contributed by atoms with E-state index in [2.05, 4.69) is 15.9 Å². The number of halogens is 1. The Morgan fingerprint density at radius 2 is 1.89 bits per heavy atom. The van der Waals surface area contributed by atoms with E-state index in [0.717, 1.165) is 16.5 Å². The molecule has 1 aromatic carbocycles. The molecule has 7 heteroatoms. The summed E-state index contributed by atoms with van der Waals surface area (Å²) in [4.78, 5) is 0. The molecule has 1 aliphatic heterocycles. The number of ether oxygens (including phenoxy) is 2. The quantitative estimate of drug-likeness (QED) is 0.732. The monoisotopic (exact) mass is 350 g/mol. The predicted molar refractivity (Wildman–Crippen MR) is 73.7 cm³/mol. The first-order chi connectivity index (χ1) is 8.89. The van der Waals surface area contributed by atoms with E-state index in [-0.39, 0.29) is 12.0 Å². The Bertz CT molecular complexity index is 522. The molecule has 5 nitrogen and oxygen atoms in total. The van der Waals surface area contributed by atoms with Crippen molar-refractivity contribution in [3.05, 3.63) is 28.7 Å². The van der Waals surface area contributed by atoms with Crippen LogP contribution < -0.4 is 4.74 Å². The van der Waals surface area contributed by atoms with Gasteiger partial charge in [-0.3, -0.25) is 4.18 Å². The van der Waals surface area contributed by atoms with Gasteiger partial charge in [-0.25, -0.2) is 0 Å². The zero-order valence-electron chi connectivity index (χ0n) is 10.5. The van der Waals surface area contributed by atoms with Crippen LogP contribution in [0.3, 0.4) is 0 Å². The van der Waals surface area contributed by atoms with Gasteiger partial charge in [0, 0.05) is 4.47 Å². The Morgan fingerprint density at radius 3 is 2.37 bits per heavy atom. The first-order valence-corrected chi connectivity index (χ1v) is 8.30.